The number of rotatable bonds is 2. The fourth-order valence-corrected chi connectivity index (χ4v) is 2.13. The number of aliphatic hydroxyl groups excluding tert-OH is 2. The Kier molecular flexibility index (Phi) is 3.59. The van der Waals surface area contributed by atoms with Crippen LogP contribution in [0.3, 0.4) is 0 Å². The van der Waals surface area contributed by atoms with Crippen LogP contribution in [0.2, 0.25) is 0 Å². The van der Waals surface area contributed by atoms with E-state index in [1.165, 1.54) is 0 Å². The van der Waals surface area contributed by atoms with Crippen LogP contribution in [0.5, 0.6) is 0 Å². The predicted octanol–water partition coefficient (Wildman–Crippen LogP) is -1.72. The molecule has 68 valence electrons. The lowest BCUT2D eigenvalue weighted by Crippen LogP contribution is -2.32. The second-order valence-corrected chi connectivity index (χ2v) is 4.58. The average molecular weight is 188 g/mol. The minimum Gasteiger partial charge on any atom is -0.394 e. The Balaban J connectivity index is 2.60. The molecule has 1 saturated heterocycles. The molecule has 6 heteroatoms. The average Bonchev–Trinajstić information content (AvgIpc) is 2.30. The van der Waals surface area contributed by atoms with Crippen LogP contribution in [0.15, 0.2) is 0 Å². The van der Waals surface area contributed by atoms with Crippen molar-refractivity contribution in [1.82, 2.24) is 0 Å². The highest BCUT2D eigenvalue weighted by molar-refractivity contribution is 7.72. The third-order valence-corrected chi connectivity index (χ3v) is 2.85. The molecular formula is C6H15B2O3P. The summed E-state index contributed by atoms with van der Waals surface area (Å²) in [7, 11) is 4.69. The molecule has 0 bridgehead atoms. The molecule has 1 heterocycles. The van der Waals surface area contributed by atoms with Gasteiger partial charge in [-0.05, 0) is 0 Å². The smallest absolute Gasteiger partial charge is 0.159 e. The zero-order chi connectivity index (χ0) is 9.30. The van der Waals surface area contributed by atoms with Gasteiger partial charge in [-0.3, -0.25) is 0 Å². The molecule has 2 N–H and O–H groups in total. The molecular weight excluding hydrogens is 173 g/mol. The third-order valence-electron chi connectivity index (χ3n) is 2.47. The second-order valence-electron chi connectivity index (χ2n) is 3.53. The van der Waals surface area contributed by atoms with Gasteiger partial charge in [-0.2, -0.15) is 9.12 Å². The first-order valence-electron chi connectivity index (χ1n) is 4.28. The molecule has 1 aliphatic rings. The summed E-state index contributed by atoms with van der Waals surface area (Å²) < 4.78 is 5.48. The zero-order valence-corrected chi connectivity index (χ0v) is 8.63. The summed E-state index contributed by atoms with van der Waals surface area (Å²) in [6.07, 6.45) is -0.609. The van der Waals surface area contributed by atoms with Gasteiger partial charge in [0.15, 0.2) is 6.32 Å². The largest absolute Gasteiger partial charge is 0.394 e. The molecule has 0 aromatic heterocycles. The van der Waals surface area contributed by atoms with Crippen molar-refractivity contribution in [2.45, 2.75) is 25.1 Å². The third kappa shape index (κ3) is 1.85. The molecule has 0 aliphatic carbocycles. The van der Waals surface area contributed by atoms with E-state index < -0.39 is 12.2 Å². The van der Waals surface area contributed by atoms with Gasteiger partial charge in [0.25, 0.3) is 0 Å². The monoisotopic (exact) mass is 188 g/mol. The van der Waals surface area contributed by atoms with Gasteiger partial charge in [-0.15, -0.1) is 0 Å². The maximum absolute atomic E-state index is 9.58. The number of aliphatic hydroxyl groups is 2. The Morgan fingerprint density at radius 2 is 2.25 bits per heavy atom. The summed E-state index contributed by atoms with van der Waals surface area (Å²) in [4.78, 5) is 0. The molecule has 0 radical (unpaired) electrons. The van der Waals surface area contributed by atoms with Gasteiger partial charge in [0.2, 0.25) is 0 Å². The first-order valence-corrected chi connectivity index (χ1v) is 4.94. The lowest BCUT2D eigenvalue weighted by Gasteiger charge is -2.16. The van der Waals surface area contributed by atoms with Crippen molar-refractivity contribution in [2.24, 2.45) is 5.92 Å². The first kappa shape index (κ1) is 10.5. The molecule has 1 unspecified atom stereocenters. The summed E-state index contributed by atoms with van der Waals surface area (Å²) in [6, 6.07) is 0.0437. The molecule has 1 fully saturated rings. The summed E-state index contributed by atoms with van der Waals surface area (Å²) >= 11 is 0. The Hall–Kier alpha value is 0.440. The Labute approximate surface area is 76.5 Å². The minimum absolute atomic E-state index is 0.0437. The Morgan fingerprint density at radius 3 is 2.50 bits per heavy atom. The molecule has 0 amide bonds. The van der Waals surface area contributed by atoms with Crippen molar-refractivity contribution in [3.63, 3.8) is 0 Å². The molecule has 5 atom stereocenters. The van der Waals surface area contributed by atoms with Crippen molar-refractivity contribution in [3.8, 4) is 0 Å². The van der Waals surface area contributed by atoms with Crippen LogP contribution in [0.1, 0.15) is 6.92 Å². The minimum atomic E-state index is -0.525. The number of hydrogen-bond donors (Lipinski definition) is 2. The lowest BCUT2D eigenvalue weighted by atomic mass is 9.47. The van der Waals surface area contributed by atoms with Gasteiger partial charge in [-0.25, -0.2) is 0 Å². The molecule has 1 aliphatic heterocycles. The highest BCUT2D eigenvalue weighted by atomic mass is 31.0. The van der Waals surface area contributed by atoms with E-state index >= 15 is 0 Å². The standard InChI is InChI=1S/C6H15B2O3P/c1-3-5(10)4(2-9)11-6(3)8(7)12/h3-6,9-10H,2,7,12H2,1H3/t3-,4-,5+,6-/m1/s1. The quantitative estimate of drug-likeness (QED) is 0.400. The van der Waals surface area contributed by atoms with Gasteiger partial charge < -0.3 is 14.9 Å². The molecule has 0 saturated carbocycles. The highest BCUT2D eigenvalue weighted by Gasteiger charge is 2.42. The molecule has 0 aromatic rings. The highest BCUT2D eigenvalue weighted by Crippen LogP contribution is 2.28. The normalized spacial score (nSPS) is 41.7. The van der Waals surface area contributed by atoms with Crippen molar-refractivity contribution in [1.29, 1.82) is 0 Å². The maximum Gasteiger partial charge on any atom is 0.159 e. The molecule has 0 spiro atoms. The first-order chi connectivity index (χ1) is 5.57. The van der Waals surface area contributed by atoms with E-state index in [0.29, 0.717) is 6.32 Å². The lowest BCUT2D eigenvalue weighted by molar-refractivity contribution is -0.00533. The fraction of sp³-hybridized carbons (Fsp3) is 1.00. The van der Waals surface area contributed by atoms with Crippen molar-refractivity contribution >= 4 is 23.2 Å². The van der Waals surface area contributed by atoms with Crippen LogP contribution in [0, 0.1) is 5.92 Å². The van der Waals surface area contributed by atoms with E-state index in [1.54, 1.807) is 0 Å². The summed E-state index contributed by atoms with van der Waals surface area (Å²) in [5, 5.41) is 18.4. The molecule has 1 rings (SSSR count). The number of ether oxygens (including phenoxy) is 1. The van der Waals surface area contributed by atoms with Crippen LogP contribution in [-0.4, -0.2) is 49.1 Å². The fourth-order valence-electron chi connectivity index (χ4n) is 1.69. The van der Waals surface area contributed by atoms with Crippen LogP contribution in [0.25, 0.3) is 0 Å². The summed E-state index contributed by atoms with van der Waals surface area (Å²) in [5.41, 5.74) is 0. The van der Waals surface area contributed by atoms with Gasteiger partial charge >= 0.3 is 0 Å². The van der Waals surface area contributed by atoms with E-state index in [2.05, 4.69) is 9.12 Å². The zero-order valence-electron chi connectivity index (χ0n) is 7.47. The number of hydrogen-bond acceptors (Lipinski definition) is 3. The van der Waals surface area contributed by atoms with E-state index in [9.17, 15) is 5.11 Å². The summed E-state index contributed by atoms with van der Waals surface area (Å²) in [5.74, 6) is 0.106. The van der Waals surface area contributed by atoms with E-state index in [0.717, 1.165) is 0 Å². The van der Waals surface area contributed by atoms with E-state index in [-0.39, 0.29) is 18.5 Å². The second kappa shape index (κ2) is 4.10. The van der Waals surface area contributed by atoms with Crippen LogP contribution >= 0.6 is 9.12 Å². The maximum atomic E-state index is 9.58. The van der Waals surface area contributed by atoms with E-state index in [4.69, 9.17) is 9.84 Å². The Bertz CT molecular complexity index is 158. The van der Waals surface area contributed by atoms with Gasteiger partial charge in [0.1, 0.15) is 6.10 Å². The van der Waals surface area contributed by atoms with Gasteiger partial charge in [-0.1, -0.05) is 6.92 Å². The molecule has 12 heavy (non-hydrogen) atoms. The molecule has 0 aromatic carbocycles. The van der Waals surface area contributed by atoms with Gasteiger partial charge in [0, 0.05) is 11.9 Å². The van der Waals surface area contributed by atoms with Crippen LogP contribution in [-0.2, 0) is 4.74 Å². The van der Waals surface area contributed by atoms with Crippen LogP contribution in [0.4, 0.5) is 0 Å². The van der Waals surface area contributed by atoms with Crippen LogP contribution < -0.4 is 0 Å². The van der Waals surface area contributed by atoms with Gasteiger partial charge in [0.05, 0.1) is 20.4 Å². The summed E-state index contributed by atoms with van der Waals surface area (Å²) in [6.45, 7) is 1.85. The molecule has 3 nitrogen and oxygen atoms in total. The van der Waals surface area contributed by atoms with E-state index in [1.807, 2.05) is 14.7 Å². The van der Waals surface area contributed by atoms with Crippen molar-refractivity contribution < 1.29 is 14.9 Å². The van der Waals surface area contributed by atoms with Crippen molar-refractivity contribution in [2.75, 3.05) is 6.61 Å². The van der Waals surface area contributed by atoms with Crippen molar-refractivity contribution in [3.05, 3.63) is 0 Å². The topological polar surface area (TPSA) is 49.7 Å². The predicted molar refractivity (Wildman–Crippen MR) is 54.9 cm³/mol. The Morgan fingerprint density at radius 1 is 1.67 bits per heavy atom. The SMILES string of the molecule is BB(P)[C@@H]1O[C@H](CO)[C@@H](O)[C@H]1C.